The monoisotopic (exact) mass is 314 g/mol. The molecule has 0 aliphatic rings. The third kappa shape index (κ3) is 3.18. The summed E-state index contributed by atoms with van der Waals surface area (Å²) in [4.78, 5) is 17.2. The third-order valence-electron chi connectivity index (χ3n) is 4.20. The van der Waals surface area contributed by atoms with E-state index in [1.807, 2.05) is 56.3 Å². The fraction of sp³-hybridized carbons (Fsp3) is 0.190. The van der Waals surface area contributed by atoms with Gasteiger partial charge < -0.3 is 0 Å². The number of hydrogen-bond donors (Lipinski definition) is 0. The van der Waals surface area contributed by atoms with Gasteiger partial charge in [0.1, 0.15) is 5.92 Å². The summed E-state index contributed by atoms with van der Waals surface area (Å²) in [7, 11) is 0. The standard InChI is InChI=1S/C21H18N2O/c1-14-7-9-16(10-8-14)21(24)17(13-22)12-18-11-15(2)19-5-3-4-6-20(19)23-18/h3-11,17H,12H2,1-2H3/t17-/m0/s1. The van der Waals surface area contributed by atoms with Crippen molar-refractivity contribution >= 4 is 16.7 Å². The molecule has 3 nitrogen and oxygen atoms in total. The highest BCUT2D eigenvalue weighted by Crippen LogP contribution is 2.20. The zero-order valence-corrected chi connectivity index (χ0v) is 13.8. The summed E-state index contributed by atoms with van der Waals surface area (Å²) in [6.45, 7) is 3.99. The first-order chi connectivity index (χ1) is 11.6. The lowest BCUT2D eigenvalue weighted by Crippen LogP contribution is -2.16. The minimum absolute atomic E-state index is 0.148. The van der Waals surface area contributed by atoms with E-state index in [0.29, 0.717) is 12.0 Å². The first kappa shape index (κ1) is 15.9. The topological polar surface area (TPSA) is 53.8 Å². The first-order valence-electron chi connectivity index (χ1n) is 7.94. The number of benzene rings is 2. The number of nitriles is 1. The number of Topliss-reactive ketones (excluding diaryl/α,β-unsaturated/α-hetero) is 1. The zero-order valence-electron chi connectivity index (χ0n) is 13.8. The predicted octanol–water partition coefficient (Wildman–Crippen LogP) is 4.42. The minimum atomic E-state index is -0.722. The van der Waals surface area contributed by atoms with Gasteiger partial charge in [0.2, 0.25) is 0 Å². The molecule has 1 atom stereocenters. The summed E-state index contributed by atoms with van der Waals surface area (Å²) in [5.41, 5.74) is 4.44. The third-order valence-corrected chi connectivity index (χ3v) is 4.20. The van der Waals surface area contributed by atoms with Crippen LogP contribution in [0.15, 0.2) is 54.6 Å². The lowest BCUT2D eigenvalue weighted by atomic mass is 9.93. The Kier molecular flexibility index (Phi) is 4.39. The largest absolute Gasteiger partial charge is 0.293 e. The number of carbonyl (C=O) groups is 1. The van der Waals surface area contributed by atoms with E-state index in [0.717, 1.165) is 27.7 Å². The Hall–Kier alpha value is -2.99. The Bertz CT molecular complexity index is 936. The average Bonchev–Trinajstić information content (AvgIpc) is 2.60. The number of ketones is 1. The van der Waals surface area contributed by atoms with Crippen LogP contribution in [0.5, 0.6) is 0 Å². The van der Waals surface area contributed by atoms with Gasteiger partial charge in [0.15, 0.2) is 5.78 Å². The van der Waals surface area contributed by atoms with E-state index in [-0.39, 0.29) is 5.78 Å². The van der Waals surface area contributed by atoms with Crippen LogP contribution in [0.4, 0.5) is 0 Å². The lowest BCUT2D eigenvalue weighted by Gasteiger charge is -2.10. The number of para-hydroxylation sites is 1. The van der Waals surface area contributed by atoms with Gasteiger partial charge >= 0.3 is 0 Å². The molecule has 0 aliphatic carbocycles. The van der Waals surface area contributed by atoms with Crippen molar-refractivity contribution in [1.29, 1.82) is 5.26 Å². The fourth-order valence-electron chi connectivity index (χ4n) is 2.85. The van der Waals surface area contributed by atoms with E-state index in [9.17, 15) is 10.1 Å². The Morgan fingerprint density at radius 3 is 2.54 bits per heavy atom. The number of aromatic nitrogens is 1. The predicted molar refractivity (Wildman–Crippen MR) is 94.8 cm³/mol. The highest BCUT2D eigenvalue weighted by molar-refractivity contribution is 5.99. The molecule has 0 saturated heterocycles. The molecule has 0 radical (unpaired) electrons. The van der Waals surface area contributed by atoms with Crippen molar-refractivity contribution in [2.75, 3.05) is 0 Å². The normalized spacial score (nSPS) is 11.9. The van der Waals surface area contributed by atoms with E-state index in [1.165, 1.54) is 0 Å². The second-order valence-electron chi connectivity index (χ2n) is 6.06. The van der Waals surface area contributed by atoms with E-state index >= 15 is 0 Å². The summed E-state index contributed by atoms with van der Waals surface area (Å²) in [6.07, 6.45) is 0.328. The van der Waals surface area contributed by atoms with E-state index in [4.69, 9.17) is 0 Å². The summed E-state index contributed by atoms with van der Waals surface area (Å²) >= 11 is 0. The van der Waals surface area contributed by atoms with Crippen molar-refractivity contribution in [1.82, 2.24) is 4.98 Å². The van der Waals surface area contributed by atoms with Gasteiger partial charge in [-0.3, -0.25) is 9.78 Å². The number of nitrogens with zero attached hydrogens (tertiary/aromatic N) is 2. The Morgan fingerprint density at radius 2 is 1.83 bits per heavy atom. The van der Waals surface area contributed by atoms with Gasteiger partial charge in [-0.25, -0.2) is 0 Å². The molecule has 0 N–H and O–H groups in total. The van der Waals surface area contributed by atoms with Crippen LogP contribution in [0.25, 0.3) is 10.9 Å². The van der Waals surface area contributed by atoms with Crippen LogP contribution >= 0.6 is 0 Å². The van der Waals surface area contributed by atoms with Crippen LogP contribution in [0.3, 0.4) is 0 Å². The molecule has 2 aromatic carbocycles. The molecule has 0 bridgehead atoms. The van der Waals surface area contributed by atoms with E-state index in [2.05, 4.69) is 11.1 Å². The molecule has 24 heavy (non-hydrogen) atoms. The second-order valence-corrected chi connectivity index (χ2v) is 6.06. The Balaban J connectivity index is 1.89. The van der Waals surface area contributed by atoms with Gasteiger partial charge in [-0.2, -0.15) is 5.26 Å². The maximum Gasteiger partial charge on any atom is 0.180 e. The molecular weight excluding hydrogens is 296 g/mol. The maximum absolute atomic E-state index is 12.6. The summed E-state index contributed by atoms with van der Waals surface area (Å²) < 4.78 is 0. The number of carbonyl (C=O) groups excluding carboxylic acids is 1. The van der Waals surface area contributed by atoms with Gasteiger partial charge in [0.25, 0.3) is 0 Å². The minimum Gasteiger partial charge on any atom is -0.293 e. The average molecular weight is 314 g/mol. The molecule has 118 valence electrons. The van der Waals surface area contributed by atoms with Crippen molar-refractivity contribution in [2.24, 2.45) is 5.92 Å². The molecule has 3 heteroatoms. The molecule has 0 amide bonds. The Morgan fingerprint density at radius 1 is 1.12 bits per heavy atom. The van der Waals surface area contributed by atoms with Gasteiger partial charge in [0, 0.05) is 23.1 Å². The molecule has 1 heterocycles. The van der Waals surface area contributed by atoms with Gasteiger partial charge in [-0.15, -0.1) is 0 Å². The number of rotatable bonds is 4. The van der Waals surface area contributed by atoms with Crippen molar-refractivity contribution in [2.45, 2.75) is 20.3 Å². The number of fused-ring (bicyclic) bond motifs is 1. The van der Waals surface area contributed by atoms with Crippen molar-refractivity contribution in [3.05, 3.63) is 77.0 Å². The van der Waals surface area contributed by atoms with Crippen LogP contribution in [0, 0.1) is 31.1 Å². The molecule has 0 aliphatic heterocycles. The van der Waals surface area contributed by atoms with Crippen LogP contribution in [-0.2, 0) is 6.42 Å². The smallest absolute Gasteiger partial charge is 0.180 e. The molecule has 0 unspecified atom stereocenters. The van der Waals surface area contributed by atoms with Crippen molar-refractivity contribution < 1.29 is 4.79 Å². The van der Waals surface area contributed by atoms with Crippen molar-refractivity contribution in [3.8, 4) is 6.07 Å². The van der Waals surface area contributed by atoms with Crippen LogP contribution in [0.1, 0.15) is 27.2 Å². The highest BCUT2D eigenvalue weighted by atomic mass is 16.1. The highest BCUT2D eigenvalue weighted by Gasteiger charge is 2.21. The Labute approximate surface area is 141 Å². The van der Waals surface area contributed by atoms with Crippen molar-refractivity contribution in [3.63, 3.8) is 0 Å². The molecule has 0 spiro atoms. The molecular formula is C21H18N2O. The van der Waals surface area contributed by atoms with Gasteiger partial charge in [-0.1, -0.05) is 48.0 Å². The molecule has 1 aromatic heterocycles. The number of hydrogen-bond acceptors (Lipinski definition) is 3. The maximum atomic E-state index is 12.6. The first-order valence-corrected chi connectivity index (χ1v) is 7.94. The van der Waals surface area contributed by atoms with Crippen LogP contribution in [0.2, 0.25) is 0 Å². The lowest BCUT2D eigenvalue weighted by molar-refractivity contribution is 0.0948. The van der Waals surface area contributed by atoms with Crippen LogP contribution in [-0.4, -0.2) is 10.8 Å². The van der Waals surface area contributed by atoms with Gasteiger partial charge in [0.05, 0.1) is 11.6 Å². The SMILES string of the molecule is Cc1ccc(C(=O)[C@H](C#N)Cc2cc(C)c3ccccc3n2)cc1. The number of aryl methyl sites for hydroxylation is 2. The van der Waals surface area contributed by atoms with Crippen LogP contribution < -0.4 is 0 Å². The molecule has 0 fully saturated rings. The van der Waals surface area contributed by atoms with E-state index < -0.39 is 5.92 Å². The molecule has 3 aromatic rings. The molecule has 3 rings (SSSR count). The van der Waals surface area contributed by atoms with E-state index in [1.54, 1.807) is 12.1 Å². The van der Waals surface area contributed by atoms with Gasteiger partial charge in [-0.05, 0) is 31.5 Å². The summed E-state index contributed by atoms with van der Waals surface area (Å²) in [5, 5.41) is 10.6. The summed E-state index contributed by atoms with van der Waals surface area (Å²) in [5.74, 6) is -0.870. The fourth-order valence-corrected chi connectivity index (χ4v) is 2.85. The molecule has 0 saturated carbocycles. The number of pyridine rings is 1. The zero-order chi connectivity index (χ0) is 17.1. The quantitative estimate of drug-likeness (QED) is 0.670. The second kappa shape index (κ2) is 6.64. The summed E-state index contributed by atoms with van der Waals surface area (Å²) in [6, 6.07) is 19.4.